The predicted molar refractivity (Wildman–Crippen MR) is 347 cm³/mol. The fraction of sp³-hybridized carbons (Fsp3) is 0.806. The number of hydrogen-bond acceptors (Lipinski definition) is 10. The van der Waals surface area contributed by atoms with Crippen molar-refractivity contribution in [1.29, 1.82) is 0 Å². The molecule has 1 fully saturated rings. The van der Waals surface area contributed by atoms with Gasteiger partial charge in [0.15, 0.2) is 12.4 Å². The molecule has 0 aromatic carbocycles. The number of unbranched alkanes of at least 4 members (excludes halogenated alkanes) is 35. The summed E-state index contributed by atoms with van der Waals surface area (Å²) in [6, 6.07) is -1.03. The molecule has 8 atom stereocenters. The van der Waals surface area contributed by atoms with Gasteiger partial charge in [-0.1, -0.05) is 280 Å². The Kier molecular flexibility index (Phi) is 55.9. The monoisotopic (exact) mass is 1170 g/mol. The molecule has 1 amide bonds. The number of aliphatic hydroxyl groups is 5. The van der Waals surface area contributed by atoms with Crippen molar-refractivity contribution in [2.75, 3.05) is 13.2 Å². The number of nitrogens with one attached hydrogen (secondary N) is 1. The topological polar surface area (TPSA) is 175 Å². The van der Waals surface area contributed by atoms with Crippen molar-refractivity contribution in [3.63, 3.8) is 0 Å². The first-order valence-corrected chi connectivity index (χ1v) is 34.7. The number of carbonyl (C=O) groups is 2. The molecule has 0 spiro atoms. The van der Waals surface area contributed by atoms with E-state index < -0.39 is 67.4 Å². The highest BCUT2D eigenvalue weighted by atomic mass is 16.7. The van der Waals surface area contributed by atoms with Crippen molar-refractivity contribution in [2.24, 2.45) is 0 Å². The van der Waals surface area contributed by atoms with E-state index in [0.29, 0.717) is 12.8 Å². The molecule has 6 N–H and O–H groups in total. The fourth-order valence-corrected chi connectivity index (χ4v) is 10.6. The Labute approximate surface area is 509 Å². The van der Waals surface area contributed by atoms with Crippen LogP contribution in [0.25, 0.3) is 0 Å². The molecule has 1 rings (SSSR count). The van der Waals surface area contributed by atoms with Crippen LogP contribution in [0.2, 0.25) is 0 Å². The van der Waals surface area contributed by atoms with Gasteiger partial charge in [-0.3, -0.25) is 9.59 Å². The fourth-order valence-electron chi connectivity index (χ4n) is 10.6. The van der Waals surface area contributed by atoms with Gasteiger partial charge in [0, 0.05) is 6.42 Å². The molecular formula is C72H129NO10. The van der Waals surface area contributed by atoms with Crippen molar-refractivity contribution >= 4 is 11.9 Å². The first-order valence-electron chi connectivity index (χ1n) is 34.7. The summed E-state index contributed by atoms with van der Waals surface area (Å²) in [6.07, 6.45) is 66.5. The number of allylic oxidation sites excluding steroid dienone is 11. The van der Waals surface area contributed by atoms with Crippen molar-refractivity contribution in [1.82, 2.24) is 5.32 Å². The van der Waals surface area contributed by atoms with Crippen LogP contribution in [0.1, 0.15) is 310 Å². The minimum absolute atomic E-state index is 0.120. The van der Waals surface area contributed by atoms with E-state index in [2.05, 4.69) is 86.8 Å². The van der Waals surface area contributed by atoms with E-state index in [1.54, 1.807) is 6.08 Å². The van der Waals surface area contributed by atoms with Crippen molar-refractivity contribution in [3.05, 3.63) is 72.9 Å². The van der Waals surface area contributed by atoms with Gasteiger partial charge in [-0.2, -0.15) is 0 Å². The molecule has 0 aromatic rings. The van der Waals surface area contributed by atoms with Crippen LogP contribution in [-0.2, 0) is 23.8 Å². The van der Waals surface area contributed by atoms with Crippen LogP contribution in [0, 0.1) is 0 Å². The zero-order chi connectivity index (χ0) is 60.3. The van der Waals surface area contributed by atoms with Gasteiger partial charge in [0.25, 0.3) is 0 Å². The number of ether oxygens (including phenoxy) is 3. The van der Waals surface area contributed by atoms with Crippen LogP contribution in [0.5, 0.6) is 0 Å². The summed E-state index contributed by atoms with van der Waals surface area (Å²) in [5.74, 6) is -1.20. The average Bonchev–Trinajstić information content (AvgIpc) is 3.52. The van der Waals surface area contributed by atoms with Crippen LogP contribution in [0.3, 0.4) is 0 Å². The molecule has 1 aliphatic heterocycles. The van der Waals surface area contributed by atoms with E-state index in [-0.39, 0.29) is 19.4 Å². The second kappa shape index (κ2) is 59.4. The van der Waals surface area contributed by atoms with Crippen LogP contribution in [0.15, 0.2) is 72.9 Å². The quantitative estimate of drug-likeness (QED) is 0.0195. The predicted octanol–water partition coefficient (Wildman–Crippen LogP) is 17.5. The summed E-state index contributed by atoms with van der Waals surface area (Å²) in [6.45, 7) is 5.75. The standard InChI is InChI=1S/C72H129NO10/c1-4-7-10-13-16-19-22-24-26-28-30-32-34-35-37-39-41-44-47-50-53-56-59-65(76)71(80)73-63(64(75)58-55-52-49-46-43-21-18-15-12-9-6-3)62-81-72-70(69(79)68(78)66(61-74)82-72)83-67(77)60-57-54-51-48-45-42-40-38-36-33-31-29-27-25-23-20-17-14-11-8-5-2/h16-17,19-20,24-27,30,32,55,58,63-66,68-70,72,74-76,78-79H,4-15,18,21-23,28-29,31,33-54,56-57,59-62H2,1-3H3,(H,73,80)/b19-16-,20-17-,26-24-,27-25-,32-30-,58-55+. The Balaban J connectivity index is 2.58. The summed E-state index contributed by atoms with van der Waals surface area (Å²) >= 11 is 0. The SMILES string of the molecule is CCCCC/C=C\C/C=C\C/C=C\CCCCCCCCCCCC(O)C(=O)NC(COC1OC(CO)C(O)C(O)C1OC(=O)CCCCCCCCCCCCC/C=C\C/C=C\CCCCC)C(O)/C=C/CCCCCCCCCCC. The largest absolute Gasteiger partial charge is 0.454 e. The van der Waals surface area contributed by atoms with Gasteiger partial charge in [-0.25, -0.2) is 0 Å². The Morgan fingerprint density at radius 1 is 0.470 bits per heavy atom. The lowest BCUT2D eigenvalue weighted by Crippen LogP contribution is -2.61. The number of rotatable bonds is 59. The third kappa shape index (κ3) is 46.9. The molecule has 11 nitrogen and oxygen atoms in total. The molecule has 1 heterocycles. The van der Waals surface area contributed by atoms with Crippen LogP contribution in [0.4, 0.5) is 0 Å². The van der Waals surface area contributed by atoms with E-state index in [9.17, 15) is 35.1 Å². The maximum atomic E-state index is 13.5. The molecule has 0 bridgehead atoms. The molecule has 0 saturated carbocycles. The zero-order valence-corrected chi connectivity index (χ0v) is 53.6. The van der Waals surface area contributed by atoms with Crippen molar-refractivity contribution < 1.29 is 49.3 Å². The second-order valence-electron chi connectivity index (χ2n) is 23.9. The summed E-state index contributed by atoms with van der Waals surface area (Å²) in [7, 11) is 0. The van der Waals surface area contributed by atoms with Crippen LogP contribution >= 0.6 is 0 Å². The van der Waals surface area contributed by atoms with Gasteiger partial charge >= 0.3 is 5.97 Å². The lowest BCUT2D eigenvalue weighted by Gasteiger charge is -2.41. The minimum Gasteiger partial charge on any atom is -0.454 e. The Morgan fingerprint density at radius 3 is 1.27 bits per heavy atom. The third-order valence-corrected chi connectivity index (χ3v) is 16.1. The van der Waals surface area contributed by atoms with E-state index in [4.69, 9.17) is 14.2 Å². The number of amides is 1. The third-order valence-electron chi connectivity index (χ3n) is 16.1. The van der Waals surface area contributed by atoms with E-state index >= 15 is 0 Å². The van der Waals surface area contributed by atoms with E-state index in [1.807, 2.05) is 6.08 Å². The van der Waals surface area contributed by atoms with Gasteiger partial charge in [0.1, 0.15) is 24.4 Å². The highest BCUT2D eigenvalue weighted by Crippen LogP contribution is 2.26. The minimum atomic E-state index is -1.62. The Hall–Kier alpha value is -2.90. The molecule has 1 aliphatic rings. The molecular weight excluding hydrogens is 1040 g/mol. The Morgan fingerprint density at radius 2 is 0.831 bits per heavy atom. The molecule has 482 valence electrons. The van der Waals surface area contributed by atoms with Crippen molar-refractivity contribution in [2.45, 2.75) is 359 Å². The molecule has 1 saturated heterocycles. The number of esters is 1. The second-order valence-corrected chi connectivity index (χ2v) is 23.9. The summed E-state index contributed by atoms with van der Waals surface area (Å²) in [4.78, 5) is 26.6. The average molecular weight is 1170 g/mol. The zero-order valence-electron chi connectivity index (χ0n) is 53.6. The Bertz CT molecular complexity index is 1630. The molecule has 8 unspecified atom stereocenters. The molecule has 0 radical (unpaired) electrons. The highest BCUT2D eigenvalue weighted by molar-refractivity contribution is 5.80. The molecule has 0 aliphatic carbocycles. The van der Waals surface area contributed by atoms with Gasteiger partial charge in [0.05, 0.1) is 25.4 Å². The summed E-state index contributed by atoms with van der Waals surface area (Å²) in [5, 5.41) is 57.2. The lowest BCUT2D eigenvalue weighted by molar-refractivity contribution is -0.305. The van der Waals surface area contributed by atoms with Gasteiger partial charge in [0.2, 0.25) is 5.91 Å². The highest BCUT2D eigenvalue weighted by Gasteiger charge is 2.47. The van der Waals surface area contributed by atoms with Crippen LogP contribution in [-0.4, -0.2) is 99.6 Å². The first-order chi connectivity index (χ1) is 40.7. The lowest BCUT2D eigenvalue weighted by atomic mass is 9.99. The summed E-state index contributed by atoms with van der Waals surface area (Å²) in [5.41, 5.74) is 0. The van der Waals surface area contributed by atoms with E-state index in [1.165, 1.54) is 180 Å². The maximum absolute atomic E-state index is 13.5. The number of aliphatic hydroxyl groups excluding tert-OH is 5. The molecule has 83 heavy (non-hydrogen) atoms. The molecule has 11 heteroatoms. The molecule has 0 aromatic heterocycles. The van der Waals surface area contributed by atoms with Gasteiger partial charge in [-0.05, 0) is 96.3 Å². The normalized spacial score (nSPS) is 19.0. The first kappa shape index (κ1) is 78.1. The summed E-state index contributed by atoms with van der Waals surface area (Å²) < 4.78 is 17.7. The van der Waals surface area contributed by atoms with E-state index in [0.717, 1.165) is 83.5 Å². The van der Waals surface area contributed by atoms with Crippen molar-refractivity contribution in [3.8, 4) is 0 Å². The maximum Gasteiger partial charge on any atom is 0.306 e. The smallest absolute Gasteiger partial charge is 0.306 e. The number of carbonyl (C=O) groups excluding carboxylic acids is 2. The van der Waals surface area contributed by atoms with Gasteiger partial charge in [-0.15, -0.1) is 0 Å². The van der Waals surface area contributed by atoms with Gasteiger partial charge < -0.3 is 45.1 Å². The van der Waals surface area contributed by atoms with Crippen LogP contribution < -0.4 is 5.32 Å². The number of hydrogen-bond donors (Lipinski definition) is 6.